The number of nitrogens with zero attached hydrogens (tertiary/aromatic N) is 2. The maximum atomic E-state index is 5.72. The van der Waals surface area contributed by atoms with Gasteiger partial charge in [0.2, 0.25) is 0 Å². The summed E-state index contributed by atoms with van der Waals surface area (Å²) in [5.41, 5.74) is 0. The Hall–Kier alpha value is -1.20. The molecule has 2 aromatic rings. The van der Waals surface area contributed by atoms with Gasteiger partial charge < -0.3 is 9.73 Å². The van der Waals surface area contributed by atoms with E-state index in [1.165, 1.54) is 0 Å². The fourth-order valence-corrected chi connectivity index (χ4v) is 2.37. The second kappa shape index (κ2) is 6.11. The molecule has 2 rings (SSSR count). The van der Waals surface area contributed by atoms with Crippen LogP contribution >= 0.6 is 11.3 Å². The topological polar surface area (TPSA) is 51.0 Å². The first-order valence-corrected chi connectivity index (χ1v) is 7.07. The Bertz CT molecular complexity index is 490. The van der Waals surface area contributed by atoms with Crippen LogP contribution in [0.1, 0.15) is 31.2 Å². The van der Waals surface area contributed by atoms with E-state index in [1.807, 2.05) is 13.1 Å². The van der Waals surface area contributed by atoms with Crippen molar-refractivity contribution in [1.82, 2.24) is 15.3 Å². The molecule has 0 aromatic carbocycles. The molecule has 2 aromatic heterocycles. The van der Waals surface area contributed by atoms with Gasteiger partial charge in [-0.25, -0.2) is 9.97 Å². The molecule has 0 aliphatic heterocycles. The molecule has 0 saturated carbocycles. The van der Waals surface area contributed by atoms with Crippen molar-refractivity contribution in [2.45, 2.75) is 39.7 Å². The maximum Gasteiger partial charge on any atom is 0.194 e. The second-order valence-electron chi connectivity index (χ2n) is 4.57. The number of aromatic nitrogens is 2. The maximum absolute atomic E-state index is 5.72. The van der Waals surface area contributed by atoms with Crippen LogP contribution in [0.15, 0.2) is 16.8 Å². The molecule has 0 radical (unpaired) electrons. The summed E-state index contributed by atoms with van der Waals surface area (Å²) in [5.74, 6) is 1.63. The molecular weight excluding hydrogens is 246 g/mol. The van der Waals surface area contributed by atoms with Crippen LogP contribution in [-0.4, -0.2) is 22.6 Å². The highest BCUT2D eigenvalue weighted by molar-refractivity contribution is 7.14. The molecule has 2 heterocycles. The van der Waals surface area contributed by atoms with Crippen LogP contribution in [-0.2, 0) is 6.42 Å². The molecular formula is C13H19N3OS. The zero-order chi connectivity index (χ0) is 13.0. The highest BCUT2D eigenvalue weighted by Gasteiger charge is 2.08. The number of nitrogens with one attached hydrogen (secondary N) is 1. The van der Waals surface area contributed by atoms with Gasteiger partial charge >= 0.3 is 0 Å². The Labute approximate surface area is 111 Å². The molecule has 0 unspecified atom stereocenters. The fourth-order valence-electron chi connectivity index (χ4n) is 1.65. The lowest BCUT2D eigenvalue weighted by molar-refractivity contribution is 0.485. The molecule has 0 amide bonds. The van der Waals surface area contributed by atoms with Gasteiger partial charge in [-0.05, 0) is 19.9 Å². The summed E-state index contributed by atoms with van der Waals surface area (Å²) in [7, 11) is 0. The fraction of sp³-hybridized carbons (Fsp3) is 0.538. The largest absolute Gasteiger partial charge is 0.440 e. The Morgan fingerprint density at radius 1 is 1.33 bits per heavy atom. The summed E-state index contributed by atoms with van der Waals surface area (Å²) in [6, 6.07) is 0.533. The summed E-state index contributed by atoms with van der Waals surface area (Å²) in [5, 5.41) is 4.43. The van der Waals surface area contributed by atoms with Crippen LogP contribution in [0.2, 0.25) is 0 Å². The van der Waals surface area contributed by atoms with Crippen LogP contribution in [0, 0.1) is 6.92 Å². The zero-order valence-corrected chi connectivity index (χ0v) is 11.9. The van der Waals surface area contributed by atoms with Crippen LogP contribution in [0.25, 0.3) is 10.6 Å². The number of hydrogen-bond acceptors (Lipinski definition) is 5. The molecule has 0 spiro atoms. The molecule has 5 heteroatoms. The smallest absolute Gasteiger partial charge is 0.194 e. The third-order valence-corrected chi connectivity index (χ3v) is 3.47. The number of aryl methyl sites for hydroxylation is 2. The standard InChI is InChI=1S/C13H19N3OS/c1-9(2)14-6-4-5-13-16-7-11(17-13)12-8-15-10(3)18-12/h7-9,14H,4-6H2,1-3H3. The third kappa shape index (κ3) is 3.65. The van der Waals surface area contributed by atoms with E-state index in [0.717, 1.165) is 40.9 Å². The Morgan fingerprint density at radius 2 is 2.17 bits per heavy atom. The lowest BCUT2D eigenvalue weighted by atomic mass is 10.3. The Morgan fingerprint density at radius 3 is 2.83 bits per heavy atom. The number of rotatable bonds is 6. The van der Waals surface area contributed by atoms with Gasteiger partial charge in [0.1, 0.15) is 0 Å². The number of oxazole rings is 1. The summed E-state index contributed by atoms with van der Waals surface area (Å²) in [6.45, 7) is 7.28. The minimum absolute atomic E-state index is 0.533. The SMILES string of the molecule is Cc1ncc(-c2cnc(CCCNC(C)C)o2)s1. The van der Waals surface area contributed by atoms with Crippen LogP contribution < -0.4 is 5.32 Å². The molecule has 0 fully saturated rings. The lowest BCUT2D eigenvalue weighted by Crippen LogP contribution is -2.23. The van der Waals surface area contributed by atoms with Gasteiger partial charge in [-0.15, -0.1) is 11.3 Å². The van der Waals surface area contributed by atoms with Crippen molar-refractivity contribution in [1.29, 1.82) is 0 Å². The van der Waals surface area contributed by atoms with Gasteiger partial charge in [0, 0.05) is 18.7 Å². The Balaban J connectivity index is 1.86. The van der Waals surface area contributed by atoms with Gasteiger partial charge in [-0.1, -0.05) is 13.8 Å². The summed E-state index contributed by atoms with van der Waals surface area (Å²) < 4.78 is 5.72. The normalized spacial score (nSPS) is 11.3. The second-order valence-corrected chi connectivity index (χ2v) is 5.81. The molecule has 0 aliphatic carbocycles. The molecule has 1 N–H and O–H groups in total. The van der Waals surface area contributed by atoms with Gasteiger partial charge in [0.05, 0.1) is 16.1 Å². The van der Waals surface area contributed by atoms with Gasteiger partial charge in [0.25, 0.3) is 0 Å². The lowest BCUT2D eigenvalue weighted by Gasteiger charge is -2.05. The monoisotopic (exact) mass is 265 g/mol. The van der Waals surface area contributed by atoms with E-state index in [2.05, 4.69) is 29.1 Å². The third-order valence-electron chi connectivity index (χ3n) is 2.54. The first-order chi connectivity index (χ1) is 8.65. The van der Waals surface area contributed by atoms with Crippen LogP contribution in [0.4, 0.5) is 0 Å². The number of thiazole rings is 1. The summed E-state index contributed by atoms with van der Waals surface area (Å²) in [6.07, 6.45) is 5.54. The van der Waals surface area contributed by atoms with Gasteiger partial charge in [-0.2, -0.15) is 0 Å². The van der Waals surface area contributed by atoms with Crippen molar-refractivity contribution in [3.8, 4) is 10.6 Å². The quantitative estimate of drug-likeness (QED) is 0.816. The highest BCUT2D eigenvalue weighted by atomic mass is 32.1. The zero-order valence-electron chi connectivity index (χ0n) is 11.1. The van der Waals surface area contributed by atoms with E-state index >= 15 is 0 Å². The average Bonchev–Trinajstić information content (AvgIpc) is 2.93. The van der Waals surface area contributed by atoms with Crippen LogP contribution in [0.5, 0.6) is 0 Å². The molecule has 0 saturated heterocycles. The molecule has 0 bridgehead atoms. The summed E-state index contributed by atoms with van der Waals surface area (Å²) >= 11 is 1.63. The first-order valence-electron chi connectivity index (χ1n) is 6.26. The molecule has 0 atom stereocenters. The minimum atomic E-state index is 0.533. The van der Waals surface area contributed by atoms with Crippen LogP contribution in [0.3, 0.4) is 0 Å². The highest BCUT2D eigenvalue weighted by Crippen LogP contribution is 2.26. The van der Waals surface area contributed by atoms with E-state index in [-0.39, 0.29) is 0 Å². The van der Waals surface area contributed by atoms with E-state index in [9.17, 15) is 0 Å². The van der Waals surface area contributed by atoms with Crippen molar-refractivity contribution in [2.75, 3.05) is 6.54 Å². The van der Waals surface area contributed by atoms with Gasteiger partial charge in [-0.3, -0.25) is 0 Å². The van der Waals surface area contributed by atoms with Crippen molar-refractivity contribution in [3.05, 3.63) is 23.3 Å². The minimum Gasteiger partial charge on any atom is -0.440 e. The number of hydrogen-bond donors (Lipinski definition) is 1. The van der Waals surface area contributed by atoms with Crippen molar-refractivity contribution < 1.29 is 4.42 Å². The van der Waals surface area contributed by atoms with E-state index in [1.54, 1.807) is 17.5 Å². The molecule has 18 heavy (non-hydrogen) atoms. The predicted molar refractivity (Wildman–Crippen MR) is 73.8 cm³/mol. The van der Waals surface area contributed by atoms with Crippen molar-refractivity contribution in [3.63, 3.8) is 0 Å². The summed E-state index contributed by atoms with van der Waals surface area (Å²) in [4.78, 5) is 9.57. The van der Waals surface area contributed by atoms with Crippen molar-refractivity contribution in [2.24, 2.45) is 0 Å². The molecule has 0 aliphatic rings. The van der Waals surface area contributed by atoms with Crippen molar-refractivity contribution >= 4 is 11.3 Å². The first kappa shape index (κ1) is 13.2. The average molecular weight is 265 g/mol. The van der Waals surface area contributed by atoms with E-state index in [0.29, 0.717) is 6.04 Å². The molecule has 4 nitrogen and oxygen atoms in total. The van der Waals surface area contributed by atoms with E-state index in [4.69, 9.17) is 4.42 Å². The molecule has 98 valence electrons. The van der Waals surface area contributed by atoms with Gasteiger partial charge in [0.15, 0.2) is 11.7 Å². The van der Waals surface area contributed by atoms with E-state index < -0.39 is 0 Å². The predicted octanol–water partition coefficient (Wildman–Crippen LogP) is 3.04. The Kier molecular flexibility index (Phi) is 4.49.